The Balaban J connectivity index is 2.87. The average Bonchev–Trinajstić information content (AvgIpc) is 2.39. The van der Waals surface area contributed by atoms with Crippen LogP contribution in [0.25, 0.3) is 0 Å². The first kappa shape index (κ1) is 15.6. The predicted molar refractivity (Wildman–Crippen MR) is 82.3 cm³/mol. The van der Waals surface area contributed by atoms with Gasteiger partial charge in [0.25, 0.3) is 0 Å². The number of carbonyl (C=O) groups is 1. The number of hydrazone groups is 1. The molecule has 5 nitrogen and oxygen atoms in total. The van der Waals surface area contributed by atoms with Crippen LogP contribution in [0.3, 0.4) is 0 Å². The van der Waals surface area contributed by atoms with E-state index in [-0.39, 0.29) is 6.42 Å². The summed E-state index contributed by atoms with van der Waals surface area (Å²) in [5.41, 5.74) is 4.18. The lowest BCUT2D eigenvalue weighted by atomic mass is 10.1. The molecule has 0 aliphatic heterocycles. The standard InChI is InChI=1S/C12H14BrN3O2S/c1-14-12(19)16-15-10(6-7-11(17)18)8-2-4-9(13)5-3-8/h2-5H,6-7H2,1H3,(H,17,18)(H2,14,16,19). The maximum absolute atomic E-state index is 10.7. The highest BCUT2D eigenvalue weighted by Crippen LogP contribution is 2.13. The van der Waals surface area contributed by atoms with E-state index in [9.17, 15) is 4.79 Å². The van der Waals surface area contributed by atoms with Crippen molar-refractivity contribution in [2.75, 3.05) is 7.05 Å². The molecule has 1 rings (SSSR count). The van der Waals surface area contributed by atoms with Crippen LogP contribution in [0.15, 0.2) is 33.8 Å². The van der Waals surface area contributed by atoms with Gasteiger partial charge >= 0.3 is 5.97 Å². The number of rotatable bonds is 5. The van der Waals surface area contributed by atoms with E-state index in [2.05, 4.69) is 31.8 Å². The summed E-state index contributed by atoms with van der Waals surface area (Å²) in [6.07, 6.45) is 0.346. The third-order valence-electron chi connectivity index (χ3n) is 2.27. The molecular formula is C12H14BrN3O2S. The average molecular weight is 344 g/mol. The van der Waals surface area contributed by atoms with Crippen LogP contribution in [0.4, 0.5) is 0 Å². The van der Waals surface area contributed by atoms with Gasteiger partial charge in [0.15, 0.2) is 5.11 Å². The van der Waals surface area contributed by atoms with Crippen LogP contribution in [0.1, 0.15) is 18.4 Å². The maximum atomic E-state index is 10.7. The van der Waals surface area contributed by atoms with Gasteiger partial charge in [-0.05, 0) is 29.9 Å². The number of hydrogen-bond donors (Lipinski definition) is 3. The lowest BCUT2D eigenvalue weighted by Gasteiger charge is -2.07. The van der Waals surface area contributed by atoms with Crippen molar-refractivity contribution in [3.05, 3.63) is 34.3 Å². The van der Waals surface area contributed by atoms with Gasteiger partial charge in [0.05, 0.1) is 12.1 Å². The highest BCUT2D eigenvalue weighted by atomic mass is 79.9. The second-order valence-electron chi connectivity index (χ2n) is 3.65. The fraction of sp³-hybridized carbons (Fsp3) is 0.250. The van der Waals surface area contributed by atoms with Gasteiger partial charge in [-0.15, -0.1) is 0 Å². The van der Waals surface area contributed by atoms with Gasteiger partial charge < -0.3 is 10.4 Å². The van der Waals surface area contributed by atoms with Crippen molar-refractivity contribution < 1.29 is 9.90 Å². The number of benzene rings is 1. The zero-order chi connectivity index (χ0) is 14.3. The Bertz CT molecular complexity index is 488. The zero-order valence-corrected chi connectivity index (χ0v) is 12.7. The number of carboxylic acid groups (broad SMARTS) is 1. The van der Waals surface area contributed by atoms with Crippen LogP contribution in [0, 0.1) is 0 Å². The lowest BCUT2D eigenvalue weighted by molar-refractivity contribution is -0.136. The maximum Gasteiger partial charge on any atom is 0.303 e. The molecule has 0 amide bonds. The van der Waals surface area contributed by atoms with E-state index in [4.69, 9.17) is 17.3 Å². The van der Waals surface area contributed by atoms with Gasteiger partial charge in [0.2, 0.25) is 0 Å². The lowest BCUT2D eigenvalue weighted by Crippen LogP contribution is -2.29. The molecule has 3 N–H and O–H groups in total. The van der Waals surface area contributed by atoms with E-state index >= 15 is 0 Å². The van der Waals surface area contributed by atoms with Crippen LogP contribution in [0.5, 0.6) is 0 Å². The van der Waals surface area contributed by atoms with Gasteiger partial charge in [-0.1, -0.05) is 28.1 Å². The quantitative estimate of drug-likeness (QED) is 0.433. The summed E-state index contributed by atoms with van der Waals surface area (Å²) in [5.74, 6) is -0.860. The summed E-state index contributed by atoms with van der Waals surface area (Å²) >= 11 is 8.28. The topological polar surface area (TPSA) is 73.7 Å². The monoisotopic (exact) mass is 343 g/mol. The van der Waals surface area contributed by atoms with Gasteiger partial charge in [0, 0.05) is 17.9 Å². The SMILES string of the molecule is CNC(=S)NN=C(CCC(=O)O)c1ccc(Br)cc1. The molecule has 0 aliphatic rings. The van der Waals surface area contributed by atoms with E-state index in [1.165, 1.54) is 0 Å². The first-order valence-corrected chi connectivity index (χ1v) is 6.75. The third-order valence-corrected chi connectivity index (χ3v) is 3.10. The minimum atomic E-state index is -0.860. The number of carboxylic acids is 1. The first-order chi connectivity index (χ1) is 9.02. The second kappa shape index (κ2) is 7.85. The molecule has 0 atom stereocenters. The van der Waals surface area contributed by atoms with E-state index in [1.807, 2.05) is 24.3 Å². The fourth-order valence-electron chi connectivity index (χ4n) is 1.31. The molecule has 0 bridgehead atoms. The highest BCUT2D eigenvalue weighted by molar-refractivity contribution is 9.10. The number of nitrogens with zero attached hydrogens (tertiary/aromatic N) is 1. The van der Waals surface area contributed by atoms with Crippen LogP contribution < -0.4 is 10.7 Å². The Hall–Kier alpha value is -1.47. The van der Waals surface area contributed by atoms with Crippen LogP contribution >= 0.6 is 28.1 Å². The predicted octanol–water partition coefficient (Wildman–Crippen LogP) is 2.11. The Kier molecular flexibility index (Phi) is 6.44. The largest absolute Gasteiger partial charge is 0.481 e. The summed E-state index contributed by atoms with van der Waals surface area (Å²) in [5, 5.41) is 16.0. The van der Waals surface area contributed by atoms with Gasteiger partial charge in [-0.25, -0.2) is 0 Å². The minimum Gasteiger partial charge on any atom is -0.481 e. The molecule has 0 fully saturated rings. The fourth-order valence-corrected chi connectivity index (χ4v) is 1.62. The van der Waals surface area contributed by atoms with Crippen LogP contribution in [0.2, 0.25) is 0 Å². The summed E-state index contributed by atoms with van der Waals surface area (Å²) in [7, 11) is 1.68. The number of thiocarbonyl (C=S) groups is 1. The molecule has 0 saturated carbocycles. The highest BCUT2D eigenvalue weighted by Gasteiger charge is 2.07. The smallest absolute Gasteiger partial charge is 0.303 e. The van der Waals surface area contributed by atoms with E-state index in [1.54, 1.807) is 7.05 Å². The Morgan fingerprint density at radius 2 is 2.00 bits per heavy atom. The van der Waals surface area contributed by atoms with Gasteiger partial charge in [0.1, 0.15) is 0 Å². The summed E-state index contributed by atoms with van der Waals surface area (Å²) in [6.45, 7) is 0. The molecule has 0 saturated heterocycles. The number of nitrogens with one attached hydrogen (secondary N) is 2. The van der Waals surface area contributed by atoms with Crippen molar-refractivity contribution >= 4 is 44.9 Å². The van der Waals surface area contributed by atoms with Gasteiger partial charge in [-0.2, -0.15) is 5.10 Å². The molecule has 0 heterocycles. The molecule has 19 heavy (non-hydrogen) atoms. The van der Waals surface area contributed by atoms with Gasteiger partial charge in [-0.3, -0.25) is 10.2 Å². The van der Waals surface area contributed by atoms with Crippen LogP contribution in [-0.2, 0) is 4.79 Å². The van der Waals surface area contributed by atoms with Crippen LogP contribution in [-0.4, -0.2) is 28.9 Å². The molecule has 0 aromatic heterocycles. The Morgan fingerprint density at radius 1 is 1.37 bits per heavy atom. The summed E-state index contributed by atoms with van der Waals surface area (Å²) < 4.78 is 0.951. The molecular weight excluding hydrogens is 330 g/mol. The molecule has 102 valence electrons. The molecule has 0 aliphatic carbocycles. The van der Waals surface area contributed by atoms with Crippen molar-refractivity contribution in [1.82, 2.24) is 10.7 Å². The molecule has 1 aromatic carbocycles. The summed E-state index contributed by atoms with van der Waals surface area (Å²) in [6, 6.07) is 7.49. The Labute approximate surface area is 125 Å². The van der Waals surface area contributed by atoms with Crippen molar-refractivity contribution in [2.24, 2.45) is 5.10 Å². The molecule has 0 radical (unpaired) electrons. The zero-order valence-electron chi connectivity index (χ0n) is 10.3. The number of halogens is 1. The van der Waals surface area contributed by atoms with E-state index in [0.29, 0.717) is 17.2 Å². The van der Waals surface area contributed by atoms with E-state index in [0.717, 1.165) is 10.0 Å². The minimum absolute atomic E-state index is 0.0168. The van der Waals surface area contributed by atoms with Crippen molar-refractivity contribution in [2.45, 2.75) is 12.8 Å². The number of hydrogen-bond acceptors (Lipinski definition) is 3. The van der Waals surface area contributed by atoms with Crippen molar-refractivity contribution in [3.63, 3.8) is 0 Å². The third kappa shape index (κ3) is 5.80. The number of aliphatic carboxylic acids is 1. The Morgan fingerprint density at radius 3 is 2.53 bits per heavy atom. The molecule has 1 aromatic rings. The molecule has 7 heteroatoms. The van der Waals surface area contributed by atoms with Crippen molar-refractivity contribution in [1.29, 1.82) is 0 Å². The van der Waals surface area contributed by atoms with Crippen molar-refractivity contribution in [3.8, 4) is 0 Å². The normalized spacial score (nSPS) is 10.9. The molecule has 0 unspecified atom stereocenters. The first-order valence-electron chi connectivity index (χ1n) is 5.55. The van der Waals surface area contributed by atoms with E-state index < -0.39 is 5.97 Å². The second-order valence-corrected chi connectivity index (χ2v) is 4.97. The molecule has 0 spiro atoms. The summed E-state index contributed by atoms with van der Waals surface area (Å²) in [4.78, 5) is 10.7.